The molecule has 0 aliphatic heterocycles. The zero-order valence-electron chi connectivity index (χ0n) is 14.1. The maximum Gasteiger partial charge on any atom is 2.00 e. The summed E-state index contributed by atoms with van der Waals surface area (Å²) in [5, 5.41) is 0.474. The van der Waals surface area contributed by atoms with Gasteiger partial charge in [-0.1, -0.05) is 0 Å². The van der Waals surface area contributed by atoms with Crippen molar-refractivity contribution in [1.82, 2.24) is 9.13 Å². The van der Waals surface area contributed by atoms with Gasteiger partial charge in [-0.25, -0.2) is 4.57 Å². The maximum absolute atomic E-state index is 2.42. The average Bonchev–Trinajstić information content (AvgIpc) is 2.49. The monoisotopic (exact) mass is 467 g/mol. The molecule has 1 atom stereocenters. The first-order chi connectivity index (χ1) is 7.10. The summed E-state index contributed by atoms with van der Waals surface area (Å²) in [7, 11) is -0.339. The summed E-state index contributed by atoms with van der Waals surface area (Å²) < 4.78 is 4.62. The molecule has 1 unspecified atom stereocenters. The van der Waals surface area contributed by atoms with Gasteiger partial charge in [0, 0.05) is 14.6 Å². The Morgan fingerprint density at radius 1 is 1.00 bits per heavy atom. The SMILES string of the molecule is C[PH+](Cn1ccn(C(C)(C)C)[cH+]1)C(C)(C)C.[CH3-].[CH3-].[Pt+2]. The Labute approximate surface area is 137 Å². The summed E-state index contributed by atoms with van der Waals surface area (Å²) in [6, 6.07) is 0. The van der Waals surface area contributed by atoms with Gasteiger partial charge in [-0.15, -0.1) is 0 Å². The first-order valence-corrected chi connectivity index (χ1v) is 8.22. The van der Waals surface area contributed by atoms with E-state index in [1.807, 2.05) is 0 Å². The third-order valence-corrected chi connectivity index (χ3v) is 6.57. The molecule has 0 saturated carbocycles. The van der Waals surface area contributed by atoms with E-state index in [4.69, 9.17) is 0 Å². The van der Waals surface area contributed by atoms with Gasteiger partial charge in [0.25, 0.3) is 0 Å². The molecule has 0 saturated heterocycles. The normalized spacial score (nSPS) is 12.8. The average molecular weight is 467 g/mol. The zero-order valence-corrected chi connectivity index (χ0v) is 17.4. The van der Waals surface area contributed by atoms with Crippen molar-refractivity contribution in [2.45, 2.75) is 58.5 Å². The molecule has 0 radical (unpaired) electrons. The topological polar surface area (TPSA) is 9.86 Å². The van der Waals surface area contributed by atoms with E-state index >= 15 is 0 Å². The molecule has 4 heteroatoms. The van der Waals surface area contributed by atoms with Gasteiger partial charge >= 0.3 is 21.1 Å². The van der Waals surface area contributed by atoms with Gasteiger partial charge in [0.1, 0.15) is 0 Å². The van der Waals surface area contributed by atoms with E-state index in [1.54, 1.807) is 0 Å². The van der Waals surface area contributed by atoms with Crippen LogP contribution in [0.4, 0.5) is 0 Å². The van der Waals surface area contributed by atoms with E-state index in [1.165, 1.54) is 6.29 Å². The van der Waals surface area contributed by atoms with Crippen molar-refractivity contribution in [1.29, 1.82) is 0 Å². The van der Waals surface area contributed by atoms with Crippen molar-refractivity contribution in [2.75, 3.05) is 6.66 Å². The van der Waals surface area contributed by atoms with Crippen LogP contribution in [0.2, 0.25) is 0 Å². The molecule has 1 heterocycles. The molecule has 0 amide bonds. The second kappa shape index (κ2) is 8.58. The van der Waals surface area contributed by atoms with Crippen molar-refractivity contribution in [3.63, 3.8) is 0 Å². The number of imidazole rings is 1. The first-order valence-electron chi connectivity index (χ1n) is 6.01. The molecule has 1 aromatic heterocycles. The Morgan fingerprint density at radius 2 is 1.47 bits per heavy atom. The van der Waals surface area contributed by atoms with Crippen molar-refractivity contribution in [2.24, 2.45) is 0 Å². The van der Waals surface area contributed by atoms with Crippen molar-refractivity contribution in [3.8, 4) is 0 Å². The molecular formula is C15H33N2PPt+2. The van der Waals surface area contributed by atoms with Crippen molar-refractivity contribution >= 4 is 7.92 Å². The van der Waals surface area contributed by atoms with Crippen LogP contribution in [-0.2, 0) is 32.9 Å². The van der Waals surface area contributed by atoms with Gasteiger partial charge in [0.15, 0.2) is 25.0 Å². The molecule has 116 valence electrons. The summed E-state index contributed by atoms with van der Waals surface area (Å²) in [6.45, 7) is 16.2. The smallest absolute Gasteiger partial charge is 0.358 e. The van der Waals surface area contributed by atoms with Crippen LogP contribution in [-0.4, -0.2) is 21.0 Å². The first kappa shape index (κ1) is 24.4. The molecule has 0 N–H and O–H groups in total. The van der Waals surface area contributed by atoms with Crippen LogP contribution in [0.3, 0.4) is 0 Å². The Morgan fingerprint density at radius 3 is 1.79 bits per heavy atom. The molecule has 19 heavy (non-hydrogen) atoms. The van der Waals surface area contributed by atoms with E-state index in [0.717, 1.165) is 0 Å². The molecule has 0 aromatic carbocycles. The Balaban J connectivity index is -0.000000853. The quantitative estimate of drug-likeness (QED) is 0.436. The molecule has 0 aliphatic carbocycles. The van der Waals surface area contributed by atoms with Crippen LogP contribution in [0.15, 0.2) is 18.7 Å². The fourth-order valence-corrected chi connectivity index (χ4v) is 2.60. The van der Waals surface area contributed by atoms with Gasteiger partial charge < -0.3 is 14.9 Å². The van der Waals surface area contributed by atoms with Gasteiger partial charge in [-0.2, -0.15) is 4.57 Å². The van der Waals surface area contributed by atoms with Gasteiger partial charge in [0.05, 0.1) is 10.7 Å². The van der Waals surface area contributed by atoms with Crippen LogP contribution >= 0.6 is 7.92 Å². The predicted molar refractivity (Wildman–Crippen MR) is 88.6 cm³/mol. The minimum atomic E-state index is -0.339. The van der Waals surface area contributed by atoms with E-state index in [0.29, 0.717) is 5.16 Å². The largest absolute Gasteiger partial charge is 2.00 e. The van der Waals surface area contributed by atoms with Crippen LogP contribution < -0.4 is 0 Å². The number of aromatic nitrogens is 2. The fourth-order valence-electron chi connectivity index (χ4n) is 1.40. The number of hydrogen-bond acceptors (Lipinski definition) is 0. The number of rotatable bonds is 2. The van der Waals surface area contributed by atoms with Crippen molar-refractivity contribution in [3.05, 3.63) is 33.6 Å². The fraction of sp³-hybridized carbons (Fsp3) is 0.667. The standard InChI is InChI=1S/C13H26N2P.2CH3.Pt/c1-12(2,3)15-9-8-14(10-15)11-16(7)13(4,5)6;;;/h8-10H,11H2,1-7H3;2*1H3;/q+1;2*-1;+2/p+1. The van der Waals surface area contributed by atoms with Crippen molar-refractivity contribution < 1.29 is 21.1 Å². The summed E-state index contributed by atoms with van der Waals surface area (Å²) in [5.74, 6) is 0. The van der Waals surface area contributed by atoms with Crippen LogP contribution in [0.1, 0.15) is 41.5 Å². The number of nitrogens with zero attached hydrogens (tertiary/aromatic N) is 2. The molecule has 1 rings (SSSR count). The summed E-state index contributed by atoms with van der Waals surface area (Å²) in [4.78, 5) is 0. The second-order valence-electron chi connectivity index (χ2n) is 6.69. The summed E-state index contributed by atoms with van der Waals surface area (Å²) in [5.41, 5.74) is 0.188. The van der Waals surface area contributed by atoms with Crippen LogP contribution in [0.5, 0.6) is 0 Å². The maximum atomic E-state index is 2.42. The van der Waals surface area contributed by atoms with E-state index in [2.05, 4.69) is 76.1 Å². The molecule has 2 nitrogen and oxygen atoms in total. The zero-order chi connectivity index (χ0) is 12.6. The van der Waals surface area contributed by atoms with Gasteiger partial charge in [-0.05, 0) is 41.5 Å². The summed E-state index contributed by atoms with van der Waals surface area (Å²) in [6.07, 6.45) is 7.81. The Kier molecular flexibility index (Phi) is 11.0. The van der Waals surface area contributed by atoms with Crippen LogP contribution in [0.25, 0.3) is 0 Å². The van der Waals surface area contributed by atoms with E-state index in [9.17, 15) is 0 Å². The molecular weight excluding hydrogens is 434 g/mol. The molecule has 0 fully saturated rings. The minimum Gasteiger partial charge on any atom is -0.358 e. The van der Waals surface area contributed by atoms with Gasteiger partial charge in [-0.3, -0.25) is 0 Å². The molecule has 0 aliphatic rings. The van der Waals surface area contributed by atoms with Crippen LogP contribution in [0, 0.1) is 14.9 Å². The number of hydrogen-bond donors (Lipinski definition) is 0. The third kappa shape index (κ3) is 7.62. The predicted octanol–water partition coefficient (Wildman–Crippen LogP) is 4.82. The Hall–Kier alpha value is 0.328. The third-order valence-electron chi connectivity index (χ3n) is 3.17. The summed E-state index contributed by atoms with van der Waals surface area (Å²) >= 11 is 0. The Bertz CT molecular complexity index is 348. The van der Waals surface area contributed by atoms with Gasteiger partial charge in [0.2, 0.25) is 0 Å². The van der Waals surface area contributed by atoms with E-state index in [-0.39, 0.29) is 49.4 Å². The van der Waals surface area contributed by atoms with E-state index < -0.39 is 0 Å². The molecule has 0 bridgehead atoms. The minimum absolute atomic E-state index is 0. The second-order valence-corrected chi connectivity index (χ2v) is 10.1. The molecule has 0 spiro atoms. The molecule has 1 aromatic rings.